The number of aliphatic hydroxyl groups is 1. The SMILES string of the molecule is [B]=C(O)CC(C)C(C)C. The van der Waals surface area contributed by atoms with E-state index in [1.165, 1.54) is 0 Å². The fraction of sp³-hybridized carbons (Fsp3) is 0.857. The van der Waals surface area contributed by atoms with Crippen LogP contribution in [0.5, 0.6) is 0 Å². The van der Waals surface area contributed by atoms with Crippen molar-refractivity contribution in [2.75, 3.05) is 0 Å². The van der Waals surface area contributed by atoms with Gasteiger partial charge in [-0.1, -0.05) is 0 Å². The van der Waals surface area contributed by atoms with Gasteiger partial charge in [0.25, 0.3) is 0 Å². The van der Waals surface area contributed by atoms with Crippen LogP contribution in [-0.2, 0) is 0 Å². The quantitative estimate of drug-likeness (QED) is 0.564. The first-order valence-corrected chi connectivity index (χ1v) is 3.34. The Morgan fingerprint density at radius 3 is 2.00 bits per heavy atom. The number of aliphatic hydroxyl groups excluding tert-OH is 1. The number of rotatable bonds is 3. The average Bonchev–Trinajstić information content (AvgIpc) is 1.63. The van der Waals surface area contributed by atoms with Gasteiger partial charge >= 0.3 is 57.3 Å². The van der Waals surface area contributed by atoms with Gasteiger partial charge in [0.15, 0.2) is 0 Å². The molecule has 0 aromatic carbocycles. The van der Waals surface area contributed by atoms with E-state index in [4.69, 9.17) is 12.6 Å². The minimum atomic E-state index is 0.0520. The average molecular weight is 125 g/mol. The van der Waals surface area contributed by atoms with Gasteiger partial charge in [-0.25, -0.2) is 0 Å². The van der Waals surface area contributed by atoms with Gasteiger partial charge in [0.1, 0.15) is 0 Å². The van der Waals surface area contributed by atoms with Gasteiger partial charge in [-0.15, -0.1) is 0 Å². The summed E-state index contributed by atoms with van der Waals surface area (Å²) in [5.41, 5.74) is 0.0520. The van der Waals surface area contributed by atoms with Crippen LogP contribution in [0.4, 0.5) is 0 Å². The van der Waals surface area contributed by atoms with Gasteiger partial charge in [-0.2, -0.15) is 0 Å². The van der Waals surface area contributed by atoms with Crippen LogP contribution in [0.3, 0.4) is 0 Å². The van der Waals surface area contributed by atoms with E-state index in [0.717, 1.165) is 0 Å². The molecule has 0 aromatic heterocycles. The summed E-state index contributed by atoms with van der Waals surface area (Å²) in [6.07, 6.45) is 0.623. The van der Waals surface area contributed by atoms with Gasteiger partial charge in [0.05, 0.1) is 0 Å². The molecule has 0 spiro atoms. The molecule has 0 saturated carbocycles. The van der Waals surface area contributed by atoms with Crippen LogP contribution in [-0.4, -0.2) is 18.2 Å². The van der Waals surface area contributed by atoms with Crippen molar-refractivity contribution in [3.63, 3.8) is 0 Å². The molecule has 0 rings (SSSR count). The molecule has 0 fully saturated rings. The van der Waals surface area contributed by atoms with Gasteiger partial charge in [0, 0.05) is 0 Å². The van der Waals surface area contributed by atoms with Crippen molar-refractivity contribution in [1.29, 1.82) is 0 Å². The topological polar surface area (TPSA) is 20.2 Å². The summed E-state index contributed by atoms with van der Waals surface area (Å²) < 4.78 is 0. The van der Waals surface area contributed by atoms with Crippen LogP contribution in [0.15, 0.2) is 0 Å². The monoisotopic (exact) mass is 125 g/mol. The molecule has 1 nitrogen and oxygen atoms in total. The van der Waals surface area contributed by atoms with Crippen LogP contribution >= 0.6 is 0 Å². The van der Waals surface area contributed by atoms with E-state index in [-0.39, 0.29) is 5.65 Å². The second-order valence-electron chi connectivity index (χ2n) is 2.92. The van der Waals surface area contributed by atoms with Gasteiger partial charge in [0.2, 0.25) is 0 Å². The molecule has 0 heterocycles. The third kappa shape index (κ3) is 4.25. The Balaban J connectivity index is 3.50. The van der Waals surface area contributed by atoms with Crippen molar-refractivity contribution >= 4 is 13.1 Å². The molecule has 9 heavy (non-hydrogen) atoms. The summed E-state index contributed by atoms with van der Waals surface area (Å²) in [6.45, 7) is 6.31. The maximum atomic E-state index is 8.67. The minimum absolute atomic E-state index is 0.0520. The van der Waals surface area contributed by atoms with Crippen molar-refractivity contribution < 1.29 is 5.11 Å². The third-order valence-corrected chi connectivity index (χ3v) is 1.67. The summed E-state index contributed by atoms with van der Waals surface area (Å²) in [6, 6.07) is 0. The molecular formula is C7H14BO. The first-order chi connectivity index (χ1) is 4.04. The molecule has 0 bridgehead atoms. The molecule has 1 atom stereocenters. The van der Waals surface area contributed by atoms with Gasteiger partial charge < -0.3 is 0 Å². The van der Waals surface area contributed by atoms with Crippen molar-refractivity contribution in [2.45, 2.75) is 27.2 Å². The molecule has 1 unspecified atom stereocenters. The summed E-state index contributed by atoms with van der Waals surface area (Å²) >= 11 is 0. The van der Waals surface area contributed by atoms with Crippen molar-refractivity contribution in [3.8, 4) is 0 Å². The fourth-order valence-electron chi connectivity index (χ4n) is 0.566. The molecule has 0 aliphatic carbocycles. The van der Waals surface area contributed by atoms with E-state index < -0.39 is 0 Å². The van der Waals surface area contributed by atoms with E-state index >= 15 is 0 Å². The summed E-state index contributed by atoms with van der Waals surface area (Å²) in [5.74, 6) is 1.07. The zero-order valence-electron chi connectivity index (χ0n) is 6.39. The molecule has 0 aliphatic rings. The molecule has 1 radical (unpaired) electrons. The first kappa shape index (κ1) is 8.73. The molecular weight excluding hydrogens is 111 g/mol. The Kier molecular flexibility index (Phi) is 3.59. The molecule has 0 saturated heterocycles. The van der Waals surface area contributed by atoms with Crippen LogP contribution in [0.2, 0.25) is 0 Å². The van der Waals surface area contributed by atoms with E-state index in [1.54, 1.807) is 0 Å². The zero-order chi connectivity index (χ0) is 7.44. The molecule has 51 valence electrons. The van der Waals surface area contributed by atoms with Crippen LogP contribution in [0.1, 0.15) is 27.2 Å². The molecule has 0 amide bonds. The van der Waals surface area contributed by atoms with Gasteiger partial charge in [-0.3, -0.25) is 0 Å². The summed E-state index contributed by atoms with van der Waals surface area (Å²) in [5, 5.41) is 8.67. The van der Waals surface area contributed by atoms with E-state index in [2.05, 4.69) is 20.8 Å². The second-order valence-corrected chi connectivity index (χ2v) is 2.92. The van der Waals surface area contributed by atoms with Crippen LogP contribution in [0, 0.1) is 11.8 Å². The van der Waals surface area contributed by atoms with Crippen LogP contribution in [0.25, 0.3) is 0 Å². The summed E-state index contributed by atoms with van der Waals surface area (Å²) in [4.78, 5) is 0. The number of hydrogen-bond acceptors (Lipinski definition) is 1. The van der Waals surface area contributed by atoms with Crippen molar-refractivity contribution in [3.05, 3.63) is 0 Å². The predicted molar refractivity (Wildman–Crippen MR) is 41.3 cm³/mol. The standard InChI is InChI=1S/C7H14BO/c1-5(2)6(3)4-7(8)9/h5-6,9H,4H2,1-3H3. The summed E-state index contributed by atoms with van der Waals surface area (Å²) in [7, 11) is 5.10. The van der Waals surface area contributed by atoms with E-state index in [0.29, 0.717) is 18.3 Å². The zero-order valence-corrected chi connectivity index (χ0v) is 6.39. The Bertz CT molecular complexity index is 99.1. The Labute approximate surface area is 58.2 Å². The fourth-order valence-corrected chi connectivity index (χ4v) is 0.566. The molecule has 1 N–H and O–H groups in total. The first-order valence-electron chi connectivity index (χ1n) is 3.34. The predicted octanol–water partition coefficient (Wildman–Crippen LogP) is 1.34. The van der Waals surface area contributed by atoms with Crippen molar-refractivity contribution in [1.82, 2.24) is 0 Å². The Hall–Kier alpha value is -0.265. The van der Waals surface area contributed by atoms with Crippen molar-refractivity contribution in [2.24, 2.45) is 11.8 Å². The van der Waals surface area contributed by atoms with Gasteiger partial charge in [-0.05, 0) is 0 Å². The van der Waals surface area contributed by atoms with E-state index in [1.807, 2.05) is 0 Å². The Morgan fingerprint density at radius 1 is 1.44 bits per heavy atom. The maximum absolute atomic E-state index is 8.67. The number of hydrogen-bond donors (Lipinski definition) is 1. The molecule has 0 aliphatic heterocycles. The van der Waals surface area contributed by atoms with Crippen LogP contribution < -0.4 is 0 Å². The second kappa shape index (κ2) is 3.70. The Morgan fingerprint density at radius 2 is 1.89 bits per heavy atom. The third-order valence-electron chi connectivity index (χ3n) is 1.67. The van der Waals surface area contributed by atoms with E-state index in [9.17, 15) is 0 Å². The normalized spacial score (nSPS) is 13.7. The molecule has 2 heteroatoms. The molecule has 0 aromatic rings.